The summed E-state index contributed by atoms with van der Waals surface area (Å²) in [5.74, 6) is 0.685. The molecule has 12 heavy (non-hydrogen) atoms. The Kier molecular flexibility index (Phi) is 23.3. The van der Waals surface area contributed by atoms with Gasteiger partial charge >= 0.3 is 0 Å². The van der Waals surface area contributed by atoms with Crippen LogP contribution < -0.4 is 0 Å². The zero-order valence-corrected chi connectivity index (χ0v) is 11.2. The van der Waals surface area contributed by atoms with E-state index in [2.05, 4.69) is 32.1 Å². The standard InChI is InChI=1S/C8H11.3ClH.Ti/c1-7(2)8-5-3-4-6-8;;;;/h5-7H,3H2,1-2H3;3*1H;/q-1;;;;. The average molecular weight is 264 g/mol. The molecule has 0 aromatic carbocycles. The minimum atomic E-state index is 0. The van der Waals surface area contributed by atoms with Crippen LogP contribution in [0.3, 0.4) is 0 Å². The molecule has 0 nitrogen and oxygen atoms in total. The van der Waals surface area contributed by atoms with Crippen LogP contribution >= 0.6 is 37.2 Å². The fourth-order valence-corrected chi connectivity index (χ4v) is 0.815. The summed E-state index contributed by atoms with van der Waals surface area (Å²) in [7, 11) is 0. The van der Waals surface area contributed by atoms with Gasteiger partial charge in [-0.05, 0) is 0 Å². The average Bonchev–Trinajstić information content (AvgIpc) is 2.12. The molecule has 0 radical (unpaired) electrons. The van der Waals surface area contributed by atoms with E-state index in [-0.39, 0.29) is 58.9 Å². The van der Waals surface area contributed by atoms with E-state index < -0.39 is 0 Å². The van der Waals surface area contributed by atoms with Crippen LogP contribution in [0.15, 0.2) is 17.7 Å². The summed E-state index contributed by atoms with van der Waals surface area (Å²) in [5.41, 5.74) is 1.44. The predicted octanol–water partition coefficient (Wildman–Crippen LogP) is 3.59. The minimum Gasteiger partial charge on any atom is -0.273 e. The van der Waals surface area contributed by atoms with Gasteiger partial charge < -0.3 is 0 Å². The fraction of sp³-hybridized carbons (Fsp3) is 0.500. The van der Waals surface area contributed by atoms with E-state index in [1.54, 1.807) is 0 Å². The van der Waals surface area contributed by atoms with Crippen LogP contribution in [0.1, 0.15) is 20.3 Å². The van der Waals surface area contributed by atoms with Gasteiger partial charge in [-0.2, -0.15) is 11.6 Å². The van der Waals surface area contributed by atoms with Crippen LogP contribution in [0, 0.1) is 12.0 Å². The van der Waals surface area contributed by atoms with Crippen molar-refractivity contribution in [2.45, 2.75) is 20.3 Å². The zero-order chi connectivity index (χ0) is 5.98. The normalized spacial score (nSPS) is 11.8. The number of rotatable bonds is 1. The number of hydrogen-bond donors (Lipinski definition) is 0. The van der Waals surface area contributed by atoms with E-state index in [1.165, 1.54) is 5.57 Å². The van der Waals surface area contributed by atoms with Gasteiger partial charge in [-0.1, -0.05) is 19.8 Å². The Morgan fingerprint density at radius 3 is 1.92 bits per heavy atom. The Morgan fingerprint density at radius 2 is 1.75 bits per heavy atom. The van der Waals surface area contributed by atoms with Crippen molar-refractivity contribution in [2.24, 2.45) is 5.92 Å². The van der Waals surface area contributed by atoms with Crippen molar-refractivity contribution in [2.75, 3.05) is 0 Å². The number of halogens is 3. The molecule has 1 aliphatic rings. The second-order valence-corrected chi connectivity index (χ2v) is 2.41. The van der Waals surface area contributed by atoms with Gasteiger partial charge in [0.2, 0.25) is 0 Å². The van der Waals surface area contributed by atoms with E-state index >= 15 is 0 Å². The Bertz CT molecular complexity index is 141. The molecule has 0 aromatic rings. The van der Waals surface area contributed by atoms with Crippen molar-refractivity contribution in [3.8, 4) is 0 Å². The molecule has 0 saturated carbocycles. The van der Waals surface area contributed by atoms with Crippen LogP contribution in [0.2, 0.25) is 0 Å². The molecule has 1 rings (SSSR count). The molecule has 0 unspecified atom stereocenters. The first-order chi connectivity index (χ1) is 3.80. The van der Waals surface area contributed by atoms with Crippen molar-refractivity contribution < 1.29 is 21.7 Å². The first kappa shape index (κ1) is 23.1. The van der Waals surface area contributed by atoms with Crippen LogP contribution in [0.4, 0.5) is 0 Å². The van der Waals surface area contributed by atoms with Crippen molar-refractivity contribution in [3.63, 3.8) is 0 Å². The molecule has 0 atom stereocenters. The van der Waals surface area contributed by atoms with Gasteiger partial charge in [-0.25, -0.2) is 6.08 Å². The van der Waals surface area contributed by atoms with Gasteiger partial charge in [-0.15, -0.1) is 43.6 Å². The van der Waals surface area contributed by atoms with Crippen molar-refractivity contribution in [3.05, 3.63) is 23.8 Å². The third-order valence-corrected chi connectivity index (χ3v) is 1.39. The molecule has 0 bridgehead atoms. The first-order valence-electron chi connectivity index (χ1n) is 3.07. The molecule has 0 aromatic heterocycles. The number of allylic oxidation sites excluding steroid dienone is 4. The minimum absolute atomic E-state index is 0. The number of hydrogen-bond acceptors (Lipinski definition) is 0. The smallest absolute Gasteiger partial charge is 0 e. The Morgan fingerprint density at radius 1 is 1.25 bits per heavy atom. The monoisotopic (exact) mass is 263 g/mol. The Balaban J connectivity index is -0.0000000800. The first-order valence-corrected chi connectivity index (χ1v) is 3.07. The van der Waals surface area contributed by atoms with E-state index in [0.717, 1.165) is 6.42 Å². The maximum absolute atomic E-state index is 3.14. The maximum Gasteiger partial charge on any atom is 0 e. The molecule has 1 aliphatic carbocycles. The van der Waals surface area contributed by atoms with Crippen LogP contribution in [0.25, 0.3) is 0 Å². The molecular formula is C8H14Cl3Ti-. The second kappa shape index (κ2) is 12.1. The van der Waals surface area contributed by atoms with Crippen LogP contribution in [-0.2, 0) is 21.7 Å². The Hall–Kier alpha value is 1.06. The van der Waals surface area contributed by atoms with E-state index in [9.17, 15) is 0 Å². The van der Waals surface area contributed by atoms with Crippen molar-refractivity contribution in [1.29, 1.82) is 0 Å². The van der Waals surface area contributed by atoms with Crippen LogP contribution in [0.5, 0.6) is 0 Å². The molecule has 4 heteroatoms. The maximum atomic E-state index is 3.14. The SMILES string of the molecule is CC(C)C1=CC[C-]=C1.Cl.Cl.Cl.[Ti]. The predicted molar refractivity (Wildman–Crippen MR) is 57.1 cm³/mol. The Labute approximate surface area is 108 Å². The molecule has 0 saturated heterocycles. The van der Waals surface area contributed by atoms with Gasteiger partial charge in [0.1, 0.15) is 0 Å². The molecule has 0 heterocycles. The van der Waals surface area contributed by atoms with Gasteiger partial charge in [0.05, 0.1) is 0 Å². The molecular weight excluding hydrogens is 250 g/mol. The molecule has 0 aliphatic heterocycles. The fourth-order valence-electron chi connectivity index (χ4n) is 0.815. The molecule has 0 amide bonds. The third-order valence-electron chi connectivity index (χ3n) is 1.39. The molecule has 72 valence electrons. The summed E-state index contributed by atoms with van der Waals surface area (Å²) in [4.78, 5) is 0. The van der Waals surface area contributed by atoms with E-state index in [1.807, 2.05) is 0 Å². The summed E-state index contributed by atoms with van der Waals surface area (Å²) in [6.45, 7) is 4.41. The second-order valence-electron chi connectivity index (χ2n) is 2.41. The summed E-state index contributed by atoms with van der Waals surface area (Å²) >= 11 is 0. The quantitative estimate of drug-likeness (QED) is 0.501. The van der Waals surface area contributed by atoms with Gasteiger partial charge in [0.25, 0.3) is 0 Å². The van der Waals surface area contributed by atoms with E-state index in [0.29, 0.717) is 5.92 Å². The molecule has 0 fully saturated rings. The van der Waals surface area contributed by atoms with Crippen LogP contribution in [-0.4, -0.2) is 0 Å². The van der Waals surface area contributed by atoms with Gasteiger partial charge in [-0.3, -0.25) is 6.08 Å². The summed E-state index contributed by atoms with van der Waals surface area (Å²) in [6, 6.07) is 0. The topological polar surface area (TPSA) is 0 Å². The largest absolute Gasteiger partial charge is 0.273 e. The summed E-state index contributed by atoms with van der Waals surface area (Å²) < 4.78 is 0. The molecule has 0 N–H and O–H groups in total. The van der Waals surface area contributed by atoms with Crippen molar-refractivity contribution in [1.82, 2.24) is 0 Å². The van der Waals surface area contributed by atoms with Gasteiger partial charge in [0, 0.05) is 21.7 Å². The van der Waals surface area contributed by atoms with Crippen molar-refractivity contribution >= 4 is 37.2 Å². The zero-order valence-electron chi connectivity index (χ0n) is 7.16. The van der Waals surface area contributed by atoms with Gasteiger partial charge in [0.15, 0.2) is 0 Å². The van der Waals surface area contributed by atoms with E-state index in [4.69, 9.17) is 0 Å². The molecule has 0 spiro atoms. The summed E-state index contributed by atoms with van der Waals surface area (Å²) in [6.07, 6.45) is 8.47. The third kappa shape index (κ3) is 7.70. The summed E-state index contributed by atoms with van der Waals surface area (Å²) in [5, 5.41) is 0.